The van der Waals surface area contributed by atoms with Crippen molar-refractivity contribution < 1.29 is 29.1 Å². The van der Waals surface area contributed by atoms with E-state index in [1.165, 1.54) is 12.5 Å². The number of nitrogens with two attached hydrogens (primary N) is 4. The number of aromatic nitrogens is 2. The zero-order chi connectivity index (χ0) is 27.5. The van der Waals surface area contributed by atoms with Gasteiger partial charge in [-0.3, -0.25) is 24.2 Å². The van der Waals surface area contributed by atoms with Gasteiger partial charge in [0.15, 0.2) is 5.96 Å². The van der Waals surface area contributed by atoms with Crippen molar-refractivity contribution in [3.8, 4) is 0 Å². The third-order valence-corrected chi connectivity index (χ3v) is 5.76. The van der Waals surface area contributed by atoms with Crippen molar-refractivity contribution in [2.75, 3.05) is 13.1 Å². The predicted molar refractivity (Wildman–Crippen MR) is 130 cm³/mol. The lowest BCUT2D eigenvalue weighted by Crippen LogP contribution is -2.58. The Morgan fingerprint density at radius 2 is 1.86 bits per heavy atom. The van der Waals surface area contributed by atoms with Crippen molar-refractivity contribution in [3.63, 3.8) is 0 Å². The molecule has 1 aromatic heterocycles. The summed E-state index contributed by atoms with van der Waals surface area (Å²) in [5.74, 6) is -4.32. The first-order valence-corrected chi connectivity index (χ1v) is 11.7. The number of amides is 4. The summed E-state index contributed by atoms with van der Waals surface area (Å²) in [4.78, 5) is 73.8. The normalized spacial score (nSPS) is 17.3. The minimum absolute atomic E-state index is 0.0305. The van der Waals surface area contributed by atoms with E-state index in [4.69, 9.17) is 22.9 Å². The Hall–Kier alpha value is -4.21. The SMILES string of the molecule is NC(=O)CC(NC(=O)C(Cc1cnc[nH]1)NC(=O)C(N)CCCN=C(N)N)C(=O)N1CCCC1C(=O)O. The number of carboxylic acid groups (broad SMARTS) is 1. The Bertz CT molecular complexity index is 994. The molecule has 1 aromatic rings. The smallest absolute Gasteiger partial charge is 0.326 e. The van der Waals surface area contributed by atoms with Crippen LogP contribution in [0.1, 0.15) is 37.8 Å². The Kier molecular flexibility index (Phi) is 10.8. The molecule has 12 N–H and O–H groups in total. The van der Waals surface area contributed by atoms with Gasteiger partial charge in [0.05, 0.1) is 18.8 Å². The van der Waals surface area contributed by atoms with Gasteiger partial charge in [-0.2, -0.15) is 0 Å². The molecule has 204 valence electrons. The van der Waals surface area contributed by atoms with Gasteiger partial charge in [-0.25, -0.2) is 9.78 Å². The van der Waals surface area contributed by atoms with Crippen molar-refractivity contribution in [1.29, 1.82) is 0 Å². The van der Waals surface area contributed by atoms with Crippen molar-refractivity contribution in [2.45, 2.75) is 62.7 Å². The molecule has 1 fully saturated rings. The second kappa shape index (κ2) is 13.8. The Balaban J connectivity index is 2.14. The number of aliphatic imine (C=N–C) groups is 1. The summed E-state index contributed by atoms with van der Waals surface area (Å²) in [7, 11) is 0. The average molecular weight is 523 g/mol. The number of carbonyl (C=O) groups is 5. The highest BCUT2D eigenvalue weighted by atomic mass is 16.4. The topological polar surface area (TPSA) is 278 Å². The molecule has 2 rings (SSSR count). The molecule has 16 heteroatoms. The number of hydrogen-bond donors (Lipinski definition) is 8. The number of imidazole rings is 1. The maximum Gasteiger partial charge on any atom is 0.326 e. The molecule has 0 bridgehead atoms. The lowest BCUT2D eigenvalue weighted by Gasteiger charge is -2.28. The van der Waals surface area contributed by atoms with Crippen LogP contribution in [0.2, 0.25) is 0 Å². The molecule has 4 unspecified atom stereocenters. The molecular weight excluding hydrogens is 488 g/mol. The van der Waals surface area contributed by atoms with E-state index in [9.17, 15) is 29.1 Å². The molecule has 0 radical (unpaired) electrons. The van der Waals surface area contributed by atoms with Gasteiger partial charge in [0, 0.05) is 31.4 Å². The molecule has 0 saturated carbocycles. The van der Waals surface area contributed by atoms with Crippen LogP contribution in [0.5, 0.6) is 0 Å². The summed E-state index contributed by atoms with van der Waals surface area (Å²) >= 11 is 0. The van der Waals surface area contributed by atoms with Crippen LogP contribution in [-0.2, 0) is 30.4 Å². The predicted octanol–water partition coefficient (Wildman–Crippen LogP) is -3.75. The summed E-state index contributed by atoms with van der Waals surface area (Å²) in [6.07, 6.45) is 3.61. The molecule has 1 aliphatic rings. The van der Waals surface area contributed by atoms with Crippen LogP contribution >= 0.6 is 0 Å². The summed E-state index contributed by atoms with van der Waals surface area (Å²) < 4.78 is 0. The highest BCUT2D eigenvalue weighted by Crippen LogP contribution is 2.19. The molecule has 0 aromatic carbocycles. The summed E-state index contributed by atoms with van der Waals surface area (Å²) in [5.41, 5.74) is 22.3. The second-order valence-electron chi connectivity index (χ2n) is 8.66. The number of carboxylic acids is 1. The fraction of sp³-hybridized carbons (Fsp3) is 0.571. The molecular formula is C21H34N10O6. The number of rotatable bonds is 14. The third kappa shape index (κ3) is 9.06. The largest absolute Gasteiger partial charge is 0.480 e. The van der Waals surface area contributed by atoms with Gasteiger partial charge in [0.25, 0.3) is 0 Å². The van der Waals surface area contributed by atoms with Gasteiger partial charge < -0.3 is 48.6 Å². The zero-order valence-electron chi connectivity index (χ0n) is 20.3. The van der Waals surface area contributed by atoms with Gasteiger partial charge in [-0.05, 0) is 25.7 Å². The van der Waals surface area contributed by atoms with E-state index in [0.29, 0.717) is 18.5 Å². The number of aromatic amines is 1. The fourth-order valence-corrected chi connectivity index (χ4v) is 3.92. The number of carbonyl (C=O) groups excluding carboxylic acids is 4. The minimum atomic E-state index is -1.42. The number of likely N-dealkylation sites (tertiary alicyclic amines) is 1. The number of primary amides is 1. The van der Waals surface area contributed by atoms with Crippen LogP contribution in [0, 0.1) is 0 Å². The molecule has 0 spiro atoms. The van der Waals surface area contributed by atoms with Gasteiger partial charge >= 0.3 is 5.97 Å². The lowest BCUT2D eigenvalue weighted by molar-refractivity contribution is -0.149. The van der Waals surface area contributed by atoms with E-state index in [1.807, 2.05) is 0 Å². The lowest BCUT2D eigenvalue weighted by atomic mass is 10.1. The van der Waals surface area contributed by atoms with Gasteiger partial charge in [-0.15, -0.1) is 0 Å². The molecule has 1 aliphatic heterocycles. The number of guanidine groups is 1. The van der Waals surface area contributed by atoms with Gasteiger partial charge in [0.2, 0.25) is 23.6 Å². The van der Waals surface area contributed by atoms with Gasteiger partial charge in [-0.1, -0.05) is 0 Å². The van der Waals surface area contributed by atoms with E-state index in [1.54, 1.807) is 0 Å². The van der Waals surface area contributed by atoms with Crippen LogP contribution in [0.15, 0.2) is 17.5 Å². The number of H-pyrrole nitrogens is 1. The highest BCUT2D eigenvalue weighted by molar-refractivity contribution is 5.96. The zero-order valence-corrected chi connectivity index (χ0v) is 20.3. The third-order valence-electron chi connectivity index (χ3n) is 5.76. The Labute approximate surface area is 212 Å². The number of hydrogen-bond acceptors (Lipinski definition) is 8. The first-order valence-electron chi connectivity index (χ1n) is 11.7. The van der Waals surface area contributed by atoms with Gasteiger partial charge in [0.1, 0.15) is 18.1 Å². The van der Waals surface area contributed by atoms with Crippen LogP contribution in [-0.4, -0.2) is 92.8 Å². The standard InChI is InChI=1S/C21H34N10O6/c22-12(3-1-5-27-21(24)25)17(33)29-13(7-11-9-26-10-28-11)18(34)30-14(8-16(23)32)19(35)31-6-2-4-15(31)20(36)37/h9-10,12-15H,1-8,22H2,(H2,23,32)(H,26,28)(H,29,33)(H,30,34)(H,36,37)(H4,24,25,27). The average Bonchev–Trinajstić information content (AvgIpc) is 3.52. The van der Waals surface area contributed by atoms with Crippen molar-refractivity contribution in [1.82, 2.24) is 25.5 Å². The quantitative estimate of drug-likeness (QED) is 0.0671. The summed E-state index contributed by atoms with van der Waals surface area (Å²) in [5, 5.41) is 14.4. The van der Waals surface area contributed by atoms with Crippen LogP contribution < -0.4 is 33.6 Å². The van der Waals surface area contributed by atoms with E-state index in [2.05, 4.69) is 25.6 Å². The number of nitrogens with one attached hydrogen (secondary N) is 3. The molecule has 2 heterocycles. The molecule has 0 aliphatic carbocycles. The first kappa shape index (κ1) is 29.0. The maximum atomic E-state index is 13.2. The van der Waals surface area contributed by atoms with E-state index >= 15 is 0 Å². The van der Waals surface area contributed by atoms with Crippen molar-refractivity contribution in [3.05, 3.63) is 18.2 Å². The van der Waals surface area contributed by atoms with Crippen molar-refractivity contribution >= 4 is 35.6 Å². The molecule has 4 atom stereocenters. The van der Waals surface area contributed by atoms with Crippen molar-refractivity contribution in [2.24, 2.45) is 27.9 Å². The monoisotopic (exact) mass is 522 g/mol. The summed E-state index contributed by atoms with van der Waals surface area (Å²) in [6, 6.07) is -4.67. The Morgan fingerprint density at radius 3 is 2.46 bits per heavy atom. The van der Waals surface area contributed by atoms with Crippen LogP contribution in [0.4, 0.5) is 0 Å². The van der Waals surface area contributed by atoms with E-state index in [0.717, 1.165) is 4.90 Å². The fourth-order valence-electron chi connectivity index (χ4n) is 3.92. The van der Waals surface area contributed by atoms with E-state index < -0.39 is 60.2 Å². The molecule has 37 heavy (non-hydrogen) atoms. The van der Waals surface area contributed by atoms with E-state index in [-0.39, 0.29) is 38.3 Å². The number of aliphatic carboxylic acids is 1. The maximum absolute atomic E-state index is 13.2. The first-order chi connectivity index (χ1) is 17.5. The highest BCUT2D eigenvalue weighted by Gasteiger charge is 2.39. The summed E-state index contributed by atoms with van der Waals surface area (Å²) in [6.45, 7) is 0.427. The van der Waals surface area contributed by atoms with Crippen LogP contribution in [0.3, 0.4) is 0 Å². The molecule has 16 nitrogen and oxygen atoms in total. The minimum Gasteiger partial charge on any atom is -0.480 e. The van der Waals surface area contributed by atoms with Crippen LogP contribution in [0.25, 0.3) is 0 Å². The Morgan fingerprint density at radius 1 is 1.16 bits per heavy atom. The molecule has 1 saturated heterocycles. The molecule has 4 amide bonds. The number of nitrogens with zero attached hydrogens (tertiary/aromatic N) is 3. The second-order valence-corrected chi connectivity index (χ2v) is 8.66.